The van der Waals surface area contributed by atoms with Gasteiger partial charge in [-0.25, -0.2) is 0 Å². The molecular formula is C9H19N. The summed E-state index contributed by atoms with van der Waals surface area (Å²) in [6, 6.07) is 0. The van der Waals surface area contributed by atoms with Crippen molar-refractivity contribution in [1.82, 2.24) is 0 Å². The zero-order valence-corrected chi connectivity index (χ0v) is 7.73. The standard InChI is InChI=1S/C7H13N.C2H6/c1-6(2)4-5-7(3)8;1-2/h4-5H,8H2,1-3H3;1-2H3/b7-5+;. The Bertz CT molecular complexity index is 96.7. The fourth-order valence-corrected chi connectivity index (χ4v) is 0.298. The van der Waals surface area contributed by atoms with Crippen LogP contribution in [0.25, 0.3) is 0 Å². The molecule has 0 aliphatic heterocycles. The number of hydrogen-bond acceptors (Lipinski definition) is 1. The first-order chi connectivity index (χ1) is 4.63. The van der Waals surface area contributed by atoms with E-state index in [1.807, 2.05) is 46.8 Å². The Balaban J connectivity index is 0. The van der Waals surface area contributed by atoms with Gasteiger partial charge in [-0.05, 0) is 26.8 Å². The average molecular weight is 141 g/mol. The predicted molar refractivity (Wildman–Crippen MR) is 48.7 cm³/mol. The summed E-state index contributed by atoms with van der Waals surface area (Å²) < 4.78 is 0. The third-order valence-electron chi connectivity index (χ3n) is 0.680. The molecule has 0 heterocycles. The van der Waals surface area contributed by atoms with Gasteiger partial charge in [-0.1, -0.05) is 25.5 Å². The second kappa shape index (κ2) is 8.28. The molecule has 0 aliphatic carbocycles. The molecule has 0 spiro atoms. The number of nitrogens with two attached hydrogens (primary N) is 1. The Kier molecular flexibility index (Phi) is 9.94. The Morgan fingerprint density at radius 1 is 1.00 bits per heavy atom. The van der Waals surface area contributed by atoms with Crippen LogP contribution in [0.4, 0.5) is 0 Å². The lowest BCUT2D eigenvalue weighted by molar-refractivity contribution is 1.30. The van der Waals surface area contributed by atoms with E-state index in [4.69, 9.17) is 5.73 Å². The van der Waals surface area contributed by atoms with E-state index < -0.39 is 0 Å². The van der Waals surface area contributed by atoms with Crippen molar-refractivity contribution in [3.8, 4) is 0 Å². The van der Waals surface area contributed by atoms with Crippen molar-refractivity contribution in [2.45, 2.75) is 34.6 Å². The molecule has 0 aromatic rings. The van der Waals surface area contributed by atoms with E-state index in [0.29, 0.717) is 0 Å². The zero-order chi connectivity index (χ0) is 8.57. The monoisotopic (exact) mass is 141 g/mol. The molecule has 0 aliphatic rings. The highest BCUT2D eigenvalue weighted by molar-refractivity contribution is 5.11. The van der Waals surface area contributed by atoms with E-state index in [0.717, 1.165) is 5.70 Å². The smallest absolute Gasteiger partial charge is 0.00488 e. The first kappa shape index (κ1) is 12.0. The van der Waals surface area contributed by atoms with Crippen molar-refractivity contribution in [1.29, 1.82) is 0 Å². The van der Waals surface area contributed by atoms with Gasteiger partial charge in [0.05, 0.1) is 0 Å². The van der Waals surface area contributed by atoms with Gasteiger partial charge in [0.1, 0.15) is 0 Å². The molecule has 2 N–H and O–H groups in total. The van der Waals surface area contributed by atoms with Crippen LogP contribution in [-0.2, 0) is 0 Å². The summed E-state index contributed by atoms with van der Waals surface area (Å²) in [4.78, 5) is 0. The van der Waals surface area contributed by atoms with Gasteiger partial charge in [-0.15, -0.1) is 0 Å². The minimum atomic E-state index is 0.853. The summed E-state index contributed by atoms with van der Waals surface area (Å²) in [5.74, 6) is 0. The maximum atomic E-state index is 5.36. The van der Waals surface area contributed by atoms with Crippen molar-refractivity contribution in [3.05, 3.63) is 23.4 Å². The van der Waals surface area contributed by atoms with Crippen molar-refractivity contribution in [2.75, 3.05) is 0 Å². The lowest BCUT2D eigenvalue weighted by Crippen LogP contribution is -1.87. The molecule has 10 heavy (non-hydrogen) atoms. The van der Waals surface area contributed by atoms with Crippen LogP contribution in [0.1, 0.15) is 34.6 Å². The minimum absolute atomic E-state index is 0.853. The first-order valence-electron chi connectivity index (χ1n) is 3.70. The third-order valence-corrected chi connectivity index (χ3v) is 0.680. The van der Waals surface area contributed by atoms with Gasteiger partial charge in [0, 0.05) is 5.70 Å². The van der Waals surface area contributed by atoms with Crippen LogP contribution in [0.3, 0.4) is 0 Å². The molecule has 0 radical (unpaired) electrons. The topological polar surface area (TPSA) is 26.0 Å². The molecule has 0 unspecified atom stereocenters. The highest BCUT2D eigenvalue weighted by atomic mass is 14.5. The SMILES string of the molecule is CC.CC(C)=C/C=C(\C)N. The van der Waals surface area contributed by atoms with E-state index in [9.17, 15) is 0 Å². The van der Waals surface area contributed by atoms with E-state index in [2.05, 4.69) is 0 Å². The Morgan fingerprint density at radius 3 is 1.50 bits per heavy atom. The lowest BCUT2D eigenvalue weighted by atomic mass is 10.3. The second-order valence-electron chi connectivity index (χ2n) is 2.15. The summed E-state index contributed by atoms with van der Waals surface area (Å²) in [7, 11) is 0. The van der Waals surface area contributed by atoms with Crippen molar-refractivity contribution >= 4 is 0 Å². The molecule has 1 heteroatoms. The molecule has 0 fully saturated rings. The average Bonchev–Trinajstić information content (AvgIpc) is 1.89. The number of rotatable bonds is 1. The molecule has 0 bridgehead atoms. The van der Waals surface area contributed by atoms with Crippen LogP contribution in [0, 0.1) is 0 Å². The van der Waals surface area contributed by atoms with E-state index in [1.165, 1.54) is 5.57 Å². The first-order valence-corrected chi connectivity index (χ1v) is 3.70. The Hall–Kier alpha value is -0.720. The Morgan fingerprint density at radius 2 is 1.40 bits per heavy atom. The van der Waals surface area contributed by atoms with Crippen molar-refractivity contribution < 1.29 is 0 Å². The van der Waals surface area contributed by atoms with Gasteiger partial charge in [-0.2, -0.15) is 0 Å². The summed E-state index contributed by atoms with van der Waals surface area (Å²) in [6.07, 6.45) is 3.89. The number of hydrogen-bond donors (Lipinski definition) is 1. The molecule has 0 amide bonds. The van der Waals surface area contributed by atoms with Gasteiger partial charge in [0.15, 0.2) is 0 Å². The highest BCUT2D eigenvalue weighted by Gasteiger charge is 1.72. The molecule has 0 aromatic carbocycles. The molecule has 0 saturated carbocycles. The van der Waals surface area contributed by atoms with Crippen LogP contribution < -0.4 is 5.73 Å². The van der Waals surface area contributed by atoms with Crippen molar-refractivity contribution in [3.63, 3.8) is 0 Å². The summed E-state index contributed by atoms with van der Waals surface area (Å²) in [5, 5.41) is 0. The van der Waals surface area contributed by atoms with E-state index in [-0.39, 0.29) is 0 Å². The largest absolute Gasteiger partial charge is 0.402 e. The van der Waals surface area contributed by atoms with Crippen LogP contribution >= 0.6 is 0 Å². The van der Waals surface area contributed by atoms with Crippen LogP contribution in [0.15, 0.2) is 23.4 Å². The molecule has 0 atom stereocenters. The van der Waals surface area contributed by atoms with Gasteiger partial charge >= 0.3 is 0 Å². The minimum Gasteiger partial charge on any atom is -0.402 e. The molecular weight excluding hydrogens is 122 g/mol. The number of allylic oxidation sites excluding steroid dienone is 4. The van der Waals surface area contributed by atoms with E-state index >= 15 is 0 Å². The Labute approximate surface area is 64.6 Å². The fourth-order valence-electron chi connectivity index (χ4n) is 0.298. The third kappa shape index (κ3) is 15.7. The van der Waals surface area contributed by atoms with Crippen LogP contribution in [0.2, 0.25) is 0 Å². The fraction of sp³-hybridized carbons (Fsp3) is 0.556. The van der Waals surface area contributed by atoms with Crippen LogP contribution in [-0.4, -0.2) is 0 Å². The molecule has 0 aromatic heterocycles. The van der Waals surface area contributed by atoms with E-state index in [1.54, 1.807) is 0 Å². The molecule has 0 saturated heterocycles. The van der Waals surface area contributed by atoms with Gasteiger partial charge in [0.25, 0.3) is 0 Å². The van der Waals surface area contributed by atoms with Crippen LogP contribution in [0.5, 0.6) is 0 Å². The summed E-state index contributed by atoms with van der Waals surface area (Å²) in [5.41, 5.74) is 7.48. The highest BCUT2D eigenvalue weighted by Crippen LogP contribution is 1.89. The van der Waals surface area contributed by atoms with Gasteiger partial charge < -0.3 is 5.73 Å². The maximum Gasteiger partial charge on any atom is 0.00488 e. The molecule has 0 rings (SSSR count). The molecule has 1 nitrogen and oxygen atoms in total. The predicted octanol–water partition coefficient (Wildman–Crippen LogP) is 2.84. The molecule has 60 valence electrons. The van der Waals surface area contributed by atoms with Gasteiger partial charge in [-0.3, -0.25) is 0 Å². The zero-order valence-electron chi connectivity index (χ0n) is 7.73. The van der Waals surface area contributed by atoms with Crippen molar-refractivity contribution in [2.24, 2.45) is 5.73 Å². The quantitative estimate of drug-likeness (QED) is 0.558. The lowest BCUT2D eigenvalue weighted by Gasteiger charge is -1.84. The summed E-state index contributed by atoms with van der Waals surface area (Å²) >= 11 is 0. The van der Waals surface area contributed by atoms with Gasteiger partial charge in [0.2, 0.25) is 0 Å². The maximum absolute atomic E-state index is 5.36. The normalized spacial score (nSPS) is 9.50. The summed E-state index contributed by atoms with van der Waals surface area (Å²) in [6.45, 7) is 9.96. The second-order valence-corrected chi connectivity index (χ2v) is 2.15.